The number of nitrogens with two attached hydrogens (primary N) is 1. The number of piperidine rings is 1. The van der Waals surface area contributed by atoms with Crippen LogP contribution in [-0.2, 0) is 21.2 Å². The molecule has 1 aliphatic rings. The lowest BCUT2D eigenvalue weighted by Crippen LogP contribution is -2.35. The SMILES string of the molecule is CC(C)S(=O)(=O)c1ccc(NC(=O)C(=N)c2cc(-c3cncc(CN4CCC(O)CC4)c3)ccc2N)cn1. The maximum Gasteiger partial charge on any atom is 0.274 e. The van der Waals surface area contributed by atoms with E-state index in [9.17, 15) is 18.3 Å². The van der Waals surface area contributed by atoms with Gasteiger partial charge in [0.2, 0.25) is 0 Å². The quantitative estimate of drug-likeness (QED) is 0.252. The van der Waals surface area contributed by atoms with E-state index in [1.807, 2.05) is 18.3 Å². The average molecular weight is 537 g/mol. The minimum absolute atomic E-state index is 0.0776. The Morgan fingerprint density at radius 3 is 2.53 bits per heavy atom. The van der Waals surface area contributed by atoms with Crippen molar-refractivity contribution in [2.45, 2.75) is 49.6 Å². The molecule has 3 aromatic rings. The molecule has 0 unspecified atom stereocenters. The molecule has 3 heterocycles. The normalized spacial score (nSPS) is 14.9. The number of nitrogen functional groups attached to an aromatic ring is 1. The number of amides is 1. The lowest BCUT2D eigenvalue weighted by molar-refractivity contribution is -0.110. The van der Waals surface area contributed by atoms with Crippen LogP contribution in [0.2, 0.25) is 0 Å². The Bertz CT molecular complexity index is 1430. The third kappa shape index (κ3) is 6.24. The van der Waals surface area contributed by atoms with Gasteiger partial charge in [0, 0.05) is 48.8 Å². The summed E-state index contributed by atoms with van der Waals surface area (Å²) >= 11 is 0. The summed E-state index contributed by atoms with van der Waals surface area (Å²) < 4.78 is 24.5. The number of hydrogen-bond donors (Lipinski definition) is 4. The number of hydrogen-bond acceptors (Lipinski definition) is 9. The summed E-state index contributed by atoms with van der Waals surface area (Å²) in [5.74, 6) is -0.700. The molecule has 11 heteroatoms. The number of aromatic nitrogens is 2. The smallest absolute Gasteiger partial charge is 0.274 e. The van der Waals surface area contributed by atoms with Gasteiger partial charge in [-0.1, -0.05) is 6.07 Å². The molecule has 5 N–H and O–H groups in total. The number of aliphatic hydroxyl groups is 1. The number of anilines is 2. The molecule has 0 bridgehead atoms. The van der Waals surface area contributed by atoms with Gasteiger partial charge in [-0.05, 0) is 68.1 Å². The van der Waals surface area contributed by atoms with E-state index in [1.165, 1.54) is 18.3 Å². The zero-order chi connectivity index (χ0) is 27.4. The van der Waals surface area contributed by atoms with Gasteiger partial charge >= 0.3 is 0 Å². The van der Waals surface area contributed by atoms with Crippen LogP contribution in [0.25, 0.3) is 11.1 Å². The number of benzene rings is 1. The third-order valence-electron chi connectivity index (χ3n) is 6.55. The first-order valence-electron chi connectivity index (χ1n) is 12.4. The van der Waals surface area contributed by atoms with Gasteiger partial charge in [-0.3, -0.25) is 20.1 Å². The minimum Gasteiger partial charge on any atom is -0.398 e. The van der Waals surface area contributed by atoms with Crippen LogP contribution in [0.4, 0.5) is 11.4 Å². The number of aliphatic hydroxyl groups excluding tert-OH is 1. The summed E-state index contributed by atoms with van der Waals surface area (Å²) in [7, 11) is -3.53. The topological polar surface area (TPSA) is 162 Å². The molecular formula is C27H32N6O4S. The zero-order valence-electron chi connectivity index (χ0n) is 21.4. The van der Waals surface area contributed by atoms with Crippen molar-refractivity contribution in [3.8, 4) is 11.1 Å². The van der Waals surface area contributed by atoms with Crippen molar-refractivity contribution in [2.24, 2.45) is 0 Å². The van der Waals surface area contributed by atoms with Crippen LogP contribution in [-0.4, -0.2) is 64.5 Å². The predicted molar refractivity (Wildman–Crippen MR) is 147 cm³/mol. The number of likely N-dealkylation sites (tertiary alicyclic amines) is 1. The van der Waals surface area contributed by atoms with Crippen molar-refractivity contribution < 1.29 is 18.3 Å². The monoisotopic (exact) mass is 536 g/mol. The maximum atomic E-state index is 12.8. The molecule has 38 heavy (non-hydrogen) atoms. The van der Waals surface area contributed by atoms with Gasteiger partial charge in [0.1, 0.15) is 5.71 Å². The molecule has 200 valence electrons. The van der Waals surface area contributed by atoms with E-state index in [0.717, 1.165) is 49.2 Å². The maximum absolute atomic E-state index is 12.8. The number of sulfone groups is 1. The Morgan fingerprint density at radius 2 is 1.87 bits per heavy atom. The lowest BCUT2D eigenvalue weighted by Gasteiger charge is -2.29. The first-order chi connectivity index (χ1) is 18.0. The highest BCUT2D eigenvalue weighted by atomic mass is 32.2. The van der Waals surface area contributed by atoms with E-state index in [2.05, 4.69) is 20.2 Å². The molecule has 2 aromatic heterocycles. The fraction of sp³-hybridized carbons (Fsp3) is 0.333. The number of rotatable bonds is 8. The van der Waals surface area contributed by atoms with Crippen molar-refractivity contribution >= 4 is 32.8 Å². The Morgan fingerprint density at radius 1 is 1.13 bits per heavy atom. The summed E-state index contributed by atoms with van der Waals surface area (Å²) in [6.45, 7) is 5.52. The summed E-state index contributed by atoms with van der Waals surface area (Å²) in [5.41, 5.74) is 9.22. The first kappa shape index (κ1) is 27.4. The van der Waals surface area contributed by atoms with Crippen LogP contribution in [0.1, 0.15) is 37.8 Å². The molecule has 0 radical (unpaired) electrons. The van der Waals surface area contributed by atoms with Gasteiger partial charge in [-0.15, -0.1) is 0 Å². The van der Waals surface area contributed by atoms with Crippen LogP contribution in [0.15, 0.2) is 60.0 Å². The van der Waals surface area contributed by atoms with Crippen LogP contribution < -0.4 is 11.1 Å². The Balaban J connectivity index is 1.49. The largest absolute Gasteiger partial charge is 0.398 e. The van der Waals surface area contributed by atoms with Crippen LogP contribution >= 0.6 is 0 Å². The van der Waals surface area contributed by atoms with Crippen molar-refractivity contribution in [1.29, 1.82) is 5.41 Å². The Hall–Kier alpha value is -3.67. The molecule has 10 nitrogen and oxygen atoms in total. The molecule has 1 saturated heterocycles. The molecule has 1 fully saturated rings. The third-order valence-corrected chi connectivity index (χ3v) is 8.61. The summed E-state index contributed by atoms with van der Waals surface area (Å²) in [4.78, 5) is 23.4. The molecular weight excluding hydrogens is 504 g/mol. The number of carbonyl (C=O) groups excluding carboxylic acids is 1. The molecule has 1 aliphatic heterocycles. The van der Waals surface area contributed by atoms with Crippen molar-refractivity contribution in [3.63, 3.8) is 0 Å². The number of nitrogens with one attached hydrogen (secondary N) is 2. The van der Waals surface area contributed by atoms with Gasteiger partial charge in [-0.2, -0.15) is 0 Å². The predicted octanol–water partition coefficient (Wildman–Crippen LogP) is 2.87. The summed E-state index contributed by atoms with van der Waals surface area (Å²) in [6, 6.07) is 9.95. The summed E-state index contributed by atoms with van der Waals surface area (Å²) in [5, 5.41) is 20.1. The molecule has 1 aromatic carbocycles. The van der Waals surface area contributed by atoms with Gasteiger partial charge in [0.25, 0.3) is 5.91 Å². The Labute approximate surface area is 222 Å². The lowest BCUT2D eigenvalue weighted by atomic mass is 9.99. The zero-order valence-corrected chi connectivity index (χ0v) is 22.2. The molecule has 1 amide bonds. The average Bonchev–Trinajstić information content (AvgIpc) is 2.90. The first-order valence-corrected chi connectivity index (χ1v) is 13.9. The van der Waals surface area contributed by atoms with Crippen molar-refractivity contribution in [1.82, 2.24) is 14.9 Å². The highest BCUT2D eigenvalue weighted by Crippen LogP contribution is 2.26. The number of nitrogens with zero attached hydrogens (tertiary/aromatic N) is 3. The highest BCUT2D eigenvalue weighted by molar-refractivity contribution is 7.91. The van der Waals surface area contributed by atoms with Crippen molar-refractivity contribution in [2.75, 3.05) is 24.1 Å². The van der Waals surface area contributed by atoms with E-state index in [4.69, 9.17) is 11.1 Å². The Kier molecular flexibility index (Phi) is 8.20. The second-order valence-electron chi connectivity index (χ2n) is 9.70. The van der Waals surface area contributed by atoms with E-state index in [-0.39, 0.29) is 33.8 Å². The molecule has 4 rings (SSSR count). The highest BCUT2D eigenvalue weighted by Gasteiger charge is 2.22. The van der Waals surface area contributed by atoms with Gasteiger partial charge in [0.05, 0.1) is 23.2 Å². The second kappa shape index (κ2) is 11.4. The standard InChI is InChI=1S/C27H32N6O4S/c1-17(2)38(36,37)25-6-4-21(15-31-25)32-27(35)26(29)23-12-19(3-5-24(23)28)20-11-18(13-30-14-20)16-33-9-7-22(34)8-10-33/h3-6,11-15,17,22,29,34H,7-10,16,28H2,1-2H3,(H,32,35). The second-order valence-corrected chi connectivity index (χ2v) is 12.2. The molecule has 0 aliphatic carbocycles. The van der Waals surface area contributed by atoms with Crippen LogP contribution in [0.5, 0.6) is 0 Å². The van der Waals surface area contributed by atoms with E-state index >= 15 is 0 Å². The fourth-order valence-corrected chi connectivity index (χ4v) is 5.14. The van der Waals surface area contributed by atoms with Gasteiger partial charge < -0.3 is 16.2 Å². The number of pyridine rings is 2. The van der Waals surface area contributed by atoms with Crippen molar-refractivity contribution in [3.05, 3.63) is 66.1 Å². The fourth-order valence-electron chi connectivity index (χ4n) is 4.20. The van der Waals surface area contributed by atoms with E-state index in [0.29, 0.717) is 0 Å². The van der Waals surface area contributed by atoms with Gasteiger partial charge in [-0.25, -0.2) is 13.4 Å². The van der Waals surface area contributed by atoms with Crippen LogP contribution in [0.3, 0.4) is 0 Å². The van der Waals surface area contributed by atoms with Crippen LogP contribution in [0, 0.1) is 5.41 Å². The molecule has 0 atom stereocenters. The number of carbonyl (C=O) groups is 1. The minimum atomic E-state index is -3.53. The van der Waals surface area contributed by atoms with E-state index in [1.54, 1.807) is 32.2 Å². The van der Waals surface area contributed by atoms with E-state index < -0.39 is 21.0 Å². The summed E-state index contributed by atoms with van der Waals surface area (Å²) in [6.07, 6.45) is 6.08. The molecule has 0 spiro atoms. The van der Waals surface area contributed by atoms with Gasteiger partial charge in [0.15, 0.2) is 14.9 Å². The molecule has 0 saturated carbocycles.